The number of nitrogen functional groups attached to an aromatic ring is 2. The lowest BCUT2D eigenvalue weighted by molar-refractivity contribution is 0.284. The average Bonchev–Trinajstić information content (AvgIpc) is 2.83. The number of nitriles is 2. The monoisotopic (exact) mass is 492 g/mol. The van der Waals surface area contributed by atoms with Gasteiger partial charge in [0.2, 0.25) is 5.96 Å². The van der Waals surface area contributed by atoms with Gasteiger partial charge in [-0.15, -0.1) is 0 Å². The SMILES string of the molecule is COc1cc(C2N=C(NC#N)Nc3nc(N)c(C#N)c(N)c32)ccc1OCc1ccc(F)cc1Cl. The van der Waals surface area contributed by atoms with Crippen molar-refractivity contribution in [3.8, 4) is 23.8 Å². The number of hydrogen-bond donors (Lipinski definition) is 4. The largest absolute Gasteiger partial charge is 0.493 e. The van der Waals surface area contributed by atoms with Gasteiger partial charge in [0, 0.05) is 11.1 Å². The normalized spacial score (nSPS) is 14.0. The average molecular weight is 493 g/mol. The maximum atomic E-state index is 13.3. The van der Waals surface area contributed by atoms with Crippen molar-refractivity contribution in [1.82, 2.24) is 10.3 Å². The van der Waals surface area contributed by atoms with Crippen LogP contribution in [0.3, 0.4) is 0 Å². The summed E-state index contributed by atoms with van der Waals surface area (Å²) in [7, 11) is 1.48. The molecule has 1 aromatic heterocycles. The maximum absolute atomic E-state index is 13.3. The summed E-state index contributed by atoms with van der Waals surface area (Å²) in [6, 6.07) is 10.4. The van der Waals surface area contributed by atoms with Crippen LogP contribution in [0, 0.1) is 28.6 Å². The Morgan fingerprint density at radius 2 is 2.00 bits per heavy atom. The molecule has 0 aliphatic carbocycles. The predicted octanol–water partition coefficient (Wildman–Crippen LogP) is 3.44. The predicted molar refractivity (Wildman–Crippen MR) is 128 cm³/mol. The van der Waals surface area contributed by atoms with Crippen molar-refractivity contribution < 1.29 is 13.9 Å². The van der Waals surface area contributed by atoms with Gasteiger partial charge in [0.15, 0.2) is 17.7 Å². The number of hydrogen-bond acceptors (Lipinski definition) is 10. The highest BCUT2D eigenvalue weighted by atomic mass is 35.5. The number of nitrogens with zero attached hydrogens (tertiary/aromatic N) is 4. The Labute approximate surface area is 204 Å². The van der Waals surface area contributed by atoms with Gasteiger partial charge in [0.05, 0.1) is 17.8 Å². The van der Waals surface area contributed by atoms with Crippen LogP contribution in [-0.2, 0) is 6.61 Å². The van der Waals surface area contributed by atoms with Crippen LogP contribution in [0.15, 0.2) is 41.4 Å². The Kier molecular flexibility index (Phi) is 6.44. The molecule has 2 heterocycles. The molecule has 0 radical (unpaired) electrons. The van der Waals surface area contributed by atoms with E-state index in [1.165, 1.54) is 25.3 Å². The summed E-state index contributed by atoms with van der Waals surface area (Å²) in [5.74, 6) is 0.700. The number of aromatic nitrogens is 1. The summed E-state index contributed by atoms with van der Waals surface area (Å²) in [6.45, 7) is 0.0844. The lowest BCUT2D eigenvalue weighted by Gasteiger charge is -2.26. The Bertz CT molecular complexity index is 1430. The smallest absolute Gasteiger partial charge is 0.211 e. The highest BCUT2D eigenvalue weighted by Crippen LogP contribution is 2.42. The first-order valence-electron chi connectivity index (χ1n) is 10.1. The highest BCUT2D eigenvalue weighted by molar-refractivity contribution is 6.31. The second-order valence-corrected chi connectivity index (χ2v) is 7.74. The van der Waals surface area contributed by atoms with Gasteiger partial charge in [-0.05, 0) is 29.8 Å². The van der Waals surface area contributed by atoms with Gasteiger partial charge in [-0.25, -0.2) is 14.4 Å². The van der Waals surface area contributed by atoms with Crippen LogP contribution in [0.25, 0.3) is 0 Å². The van der Waals surface area contributed by atoms with Crippen LogP contribution in [0.4, 0.5) is 21.7 Å². The molecule has 10 nitrogen and oxygen atoms in total. The summed E-state index contributed by atoms with van der Waals surface area (Å²) in [5, 5.41) is 24.1. The number of ether oxygens (including phenoxy) is 2. The summed E-state index contributed by atoms with van der Waals surface area (Å²) < 4.78 is 24.7. The van der Waals surface area contributed by atoms with E-state index in [0.29, 0.717) is 28.2 Å². The van der Waals surface area contributed by atoms with Gasteiger partial charge in [-0.1, -0.05) is 23.7 Å². The molecule has 0 fully saturated rings. The number of aliphatic imine (C=N–C) groups is 1. The van der Waals surface area contributed by atoms with E-state index >= 15 is 0 Å². The van der Waals surface area contributed by atoms with Crippen molar-refractivity contribution in [2.24, 2.45) is 4.99 Å². The van der Waals surface area contributed by atoms with Crippen molar-refractivity contribution >= 4 is 34.9 Å². The Hall–Kier alpha value is -4.74. The van der Waals surface area contributed by atoms with E-state index in [1.807, 2.05) is 6.07 Å². The molecule has 6 N–H and O–H groups in total. The van der Waals surface area contributed by atoms with Crippen LogP contribution >= 0.6 is 11.6 Å². The minimum absolute atomic E-state index is 0.0329. The van der Waals surface area contributed by atoms with Crippen LogP contribution in [-0.4, -0.2) is 18.1 Å². The minimum Gasteiger partial charge on any atom is -0.493 e. The fourth-order valence-electron chi connectivity index (χ4n) is 3.59. The van der Waals surface area contributed by atoms with E-state index < -0.39 is 11.9 Å². The van der Waals surface area contributed by atoms with E-state index in [1.54, 1.807) is 24.4 Å². The van der Waals surface area contributed by atoms with Gasteiger partial charge in [0.25, 0.3) is 0 Å². The quantitative estimate of drug-likeness (QED) is 0.308. The first-order valence-corrected chi connectivity index (χ1v) is 10.5. The first kappa shape index (κ1) is 23.4. The fourth-order valence-corrected chi connectivity index (χ4v) is 3.81. The third-order valence-electron chi connectivity index (χ3n) is 5.26. The zero-order valence-electron chi connectivity index (χ0n) is 18.3. The van der Waals surface area contributed by atoms with E-state index in [4.69, 9.17) is 37.8 Å². The number of guanidine groups is 1. The van der Waals surface area contributed by atoms with Crippen molar-refractivity contribution in [2.45, 2.75) is 12.6 Å². The summed E-state index contributed by atoms with van der Waals surface area (Å²) in [4.78, 5) is 8.75. The molecule has 0 amide bonds. The summed E-state index contributed by atoms with van der Waals surface area (Å²) >= 11 is 6.08. The Morgan fingerprint density at radius 1 is 1.20 bits per heavy atom. The first-order chi connectivity index (χ1) is 16.9. The lowest BCUT2D eigenvalue weighted by Crippen LogP contribution is -2.32. The number of fused-ring (bicyclic) bond motifs is 1. The van der Waals surface area contributed by atoms with Crippen molar-refractivity contribution in [3.63, 3.8) is 0 Å². The molecule has 0 bridgehead atoms. The van der Waals surface area contributed by atoms with E-state index in [-0.39, 0.29) is 40.5 Å². The number of rotatable bonds is 5. The van der Waals surface area contributed by atoms with Gasteiger partial charge in [-0.2, -0.15) is 10.5 Å². The molecule has 0 saturated carbocycles. The van der Waals surface area contributed by atoms with Crippen molar-refractivity contribution in [2.75, 3.05) is 23.9 Å². The number of anilines is 3. The standard InChI is InChI=1S/C23H18ClFN8O2/c1-34-17-6-11(3-5-16(17)35-9-12-2-4-13(25)7-15(12)24)20-18-19(28)14(8-26)21(29)32-22(18)33-23(31-20)30-10-27/h2-7,20H,9H2,1H3,(H6,28,29,30,31,32,33). The van der Waals surface area contributed by atoms with Crippen LogP contribution in [0.5, 0.6) is 11.5 Å². The van der Waals surface area contributed by atoms with E-state index in [0.717, 1.165) is 0 Å². The minimum atomic E-state index is -0.739. The number of halogens is 2. The molecule has 0 spiro atoms. The maximum Gasteiger partial charge on any atom is 0.211 e. The van der Waals surface area contributed by atoms with Crippen LogP contribution in [0.2, 0.25) is 5.02 Å². The number of benzene rings is 2. The number of nitrogens with one attached hydrogen (secondary N) is 2. The van der Waals surface area contributed by atoms with Crippen LogP contribution in [0.1, 0.15) is 28.3 Å². The van der Waals surface area contributed by atoms with E-state index in [9.17, 15) is 9.65 Å². The zero-order valence-corrected chi connectivity index (χ0v) is 19.0. The molecule has 1 unspecified atom stereocenters. The second-order valence-electron chi connectivity index (χ2n) is 7.34. The molecule has 1 atom stereocenters. The molecule has 1 aliphatic heterocycles. The number of methoxy groups -OCH3 is 1. The van der Waals surface area contributed by atoms with Gasteiger partial charge < -0.3 is 26.3 Å². The molecule has 176 valence electrons. The van der Waals surface area contributed by atoms with Crippen molar-refractivity contribution in [1.29, 1.82) is 10.5 Å². The molecular formula is C23H18ClFN8O2. The summed E-state index contributed by atoms with van der Waals surface area (Å²) in [6.07, 6.45) is 1.80. The Balaban J connectivity index is 1.72. The fraction of sp³-hybridized carbons (Fsp3) is 0.130. The number of pyridine rings is 1. The van der Waals surface area contributed by atoms with Gasteiger partial charge in [-0.3, -0.25) is 5.32 Å². The second kappa shape index (κ2) is 9.63. The molecule has 3 aromatic rings. The molecule has 1 aliphatic rings. The molecule has 4 rings (SSSR count). The van der Waals surface area contributed by atoms with Gasteiger partial charge in [0.1, 0.15) is 41.7 Å². The topological polar surface area (TPSA) is 167 Å². The van der Waals surface area contributed by atoms with Crippen LogP contribution < -0.4 is 31.6 Å². The Morgan fingerprint density at radius 3 is 2.69 bits per heavy atom. The third kappa shape index (κ3) is 4.53. The summed E-state index contributed by atoms with van der Waals surface area (Å²) in [5.41, 5.74) is 13.9. The number of nitrogens with two attached hydrogens (primary N) is 2. The molecule has 0 saturated heterocycles. The van der Waals surface area contributed by atoms with Gasteiger partial charge >= 0.3 is 0 Å². The third-order valence-corrected chi connectivity index (χ3v) is 5.61. The molecule has 12 heteroatoms. The van der Waals surface area contributed by atoms with Crippen molar-refractivity contribution in [3.05, 3.63) is 69.5 Å². The lowest BCUT2D eigenvalue weighted by atomic mass is 9.95. The molecule has 35 heavy (non-hydrogen) atoms. The molecular weight excluding hydrogens is 475 g/mol. The zero-order chi connectivity index (χ0) is 25.1. The molecule has 2 aromatic carbocycles. The van der Waals surface area contributed by atoms with E-state index in [2.05, 4.69) is 20.6 Å². The highest BCUT2D eigenvalue weighted by Gasteiger charge is 2.30.